The molecule has 0 unspecified atom stereocenters. The Morgan fingerprint density at radius 2 is 1.90 bits per heavy atom. The Balaban J connectivity index is 1.88. The lowest BCUT2D eigenvalue weighted by Gasteiger charge is -2.20. The van der Waals surface area contributed by atoms with Gasteiger partial charge in [0.2, 0.25) is 0 Å². The van der Waals surface area contributed by atoms with Gasteiger partial charge in [-0.05, 0) is 38.5 Å². The minimum Gasteiger partial charge on any atom is -0.311 e. The van der Waals surface area contributed by atoms with Gasteiger partial charge < -0.3 is 10.6 Å². The maximum Gasteiger partial charge on any atom is 0.0690 e. The van der Waals surface area contributed by atoms with E-state index in [2.05, 4.69) is 54.7 Å². The van der Waals surface area contributed by atoms with Crippen LogP contribution in [0.15, 0.2) is 42.7 Å². The summed E-state index contributed by atoms with van der Waals surface area (Å²) in [5.74, 6) is 0. The van der Waals surface area contributed by atoms with Crippen molar-refractivity contribution in [1.29, 1.82) is 0 Å². The smallest absolute Gasteiger partial charge is 0.0690 e. The van der Waals surface area contributed by atoms with Gasteiger partial charge in [0.1, 0.15) is 0 Å². The van der Waals surface area contributed by atoms with Crippen LogP contribution in [0.25, 0.3) is 5.69 Å². The molecule has 0 atom stereocenters. The first-order valence-corrected chi connectivity index (χ1v) is 7.10. The minimum absolute atomic E-state index is 0.175. The molecule has 0 saturated heterocycles. The highest BCUT2D eigenvalue weighted by atomic mass is 15.3. The molecule has 108 valence electrons. The van der Waals surface area contributed by atoms with Crippen LogP contribution in [0.2, 0.25) is 0 Å². The summed E-state index contributed by atoms with van der Waals surface area (Å²) in [4.78, 5) is 0. The van der Waals surface area contributed by atoms with Crippen molar-refractivity contribution in [2.45, 2.75) is 32.9 Å². The van der Waals surface area contributed by atoms with Crippen LogP contribution in [0.4, 0.5) is 0 Å². The average molecular weight is 272 g/mol. The van der Waals surface area contributed by atoms with Crippen molar-refractivity contribution in [3.63, 3.8) is 0 Å². The van der Waals surface area contributed by atoms with Gasteiger partial charge in [0.05, 0.1) is 5.69 Å². The van der Waals surface area contributed by atoms with Crippen LogP contribution >= 0.6 is 0 Å². The van der Waals surface area contributed by atoms with Gasteiger partial charge in [0.15, 0.2) is 0 Å². The Morgan fingerprint density at radius 1 is 1.10 bits per heavy atom. The lowest BCUT2D eigenvalue weighted by Crippen LogP contribution is -2.40. The molecule has 0 spiro atoms. The summed E-state index contributed by atoms with van der Waals surface area (Å²) in [5, 5.41) is 11.2. The molecule has 2 rings (SSSR count). The highest BCUT2D eigenvalue weighted by Gasteiger charge is 2.07. The second-order valence-corrected chi connectivity index (χ2v) is 5.93. The summed E-state index contributed by atoms with van der Waals surface area (Å²) in [6.45, 7) is 9.31. The van der Waals surface area contributed by atoms with Crippen molar-refractivity contribution in [3.8, 4) is 5.69 Å². The molecule has 0 aliphatic carbocycles. The molecule has 1 aromatic carbocycles. The normalized spacial score (nSPS) is 11.8. The molecule has 0 aliphatic heterocycles. The van der Waals surface area contributed by atoms with Gasteiger partial charge in [-0.15, -0.1) is 0 Å². The fraction of sp³-hybridized carbons (Fsp3) is 0.438. The first-order valence-electron chi connectivity index (χ1n) is 7.10. The highest BCUT2D eigenvalue weighted by Crippen LogP contribution is 2.12. The zero-order valence-corrected chi connectivity index (χ0v) is 12.6. The Morgan fingerprint density at radius 3 is 2.60 bits per heavy atom. The van der Waals surface area contributed by atoms with E-state index in [1.54, 1.807) is 6.20 Å². The van der Waals surface area contributed by atoms with E-state index in [-0.39, 0.29) is 5.54 Å². The molecule has 20 heavy (non-hydrogen) atoms. The predicted molar refractivity (Wildman–Crippen MR) is 83.0 cm³/mol. The van der Waals surface area contributed by atoms with E-state index < -0.39 is 0 Å². The van der Waals surface area contributed by atoms with Crippen molar-refractivity contribution in [2.75, 3.05) is 13.1 Å². The lowest BCUT2D eigenvalue weighted by atomic mass is 10.1. The largest absolute Gasteiger partial charge is 0.311 e. The highest BCUT2D eigenvalue weighted by molar-refractivity contribution is 5.40. The molecule has 0 amide bonds. The van der Waals surface area contributed by atoms with E-state index in [0.29, 0.717) is 0 Å². The molecule has 1 heterocycles. The average Bonchev–Trinajstić information content (AvgIpc) is 2.91. The first kappa shape index (κ1) is 14.8. The second kappa shape index (κ2) is 6.68. The summed E-state index contributed by atoms with van der Waals surface area (Å²) in [6.07, 6.45) is 3.78. The van der Waals surface area contributed by atoms with Crippen molar-refractivity contribution >= 4 is 0 Å². The topological polar surface area (TPSA) is 41.9 Å². The fourth-order valence-electron chi connectivity index (χ4n) is 2.04. The van der Waals surface area contributed by atoms with Crippen molar-refractivity contribution in [1.82, 2.24) is 20.4 Å². The molecular weight excluding hydrogens is 248 g/mol. The Labute approximate surface area is 121 Å². The number of benzene rings is 1. The van der Waals surface area contributed by atoms with Gasteiger partial charge in [0.25, 0.3) is 0 Å². The summed E-state index contributed by atoms with van der Waals surface area (Å²) < 4.78 is 1.91. The summed E-state index contributed by atoms with van der Waals surface area (Å²) in [6, 6.07) is 10.3. The summed E-state index contributed by atoms with van der Waals surface area (Å²) in [5.41, 5.74) is 2.56. The van der Waals surface area contributed by atoms with E-state index in [1.807, 2.05) is 23.0 Å². The number of hydrogen-bond acceptors (Lipinski definition) is 3. The molecule has 0 radical (unpaired) electrons. The van der Waals surface area contributed by atoms with Gasteiger partial charge in [0, 0.05) is 37.6 Å². The zero-order chi connectivity index (χ0) is 14.4. The zero-order valence-electron chi connectivity index (χ0n) is 12.6. The molecule has 0 fully saturated rings. The first-order chi connectivity index (χ1) is 9.56. The van der Waals surface area contributed by atoms with Crippen LogP contribution in [0.5, 0.6) is 0 Å². The van der Waals surface area contributed by atoms with E-state index in [1.165, 1.54) is 5.56 Å². The Bertz CT molecular complexity index is 512. The van der Waals surface area contributed by atoms with Crippen molar-refractivity contribution in [3.05, 3.63) is 48.3 Å². The number of nitrogens with one attached hydrogen (secondary N) is 2. The van der Waals surface area contributed by atoms with Crippen LogP contribution in [0, 0.1) is 0 Å². The van der Waals surface area contributed by atoms with Gasteiger partial charge in [-0.2, -0.15) is 5.10 Å². The van der Waals surface area contributed by atoms with E-state index in [4.69, 9.17) is 0 Å². The number of aromatic nitrogens is 2. The molecule has 0 bridgehead atoms. The maximum absolute atomic E-state index is 4.30. The van der Waals surface area contributed by atoms with Gasteiger partial charge in [-0.3, -0.25) is 0 Å². The van der Waals surface area contributed by atoms with Crippen LogP contribution in [-0.4, -0.2) is 28.4 Å². The molecule has 0 saturated carbocycles. The lowest BCUT2D eigenvalue weighted by molar-refractivity contribution is 0.421. The summed E-state index contributed by atoms with van der Waals surface area (Å²) >= 11 is 0. The number of rotatable bonds is 6. The SMILES string of the molecule is CC(C)(C)NCCNCc1ccccc1-n1cccn1. The second-order valence-electron chi connectivity index (χ2n) is 5.93. The van der Waals surface area contributed by atoms with Gasteiger partial charge in [-0.25, -0.2) is 4.68 Å². The van der Waals surface area contributed by atoms with Crippen molar-refractivity contribution in [2.24, 2.45) is 0 Å². The van der Waals surface area contributed by atoms with E-state index in [0.717, 1.165) is 25.3 Å². The molecule has 0 aliphatic rings. The molecule has 2 aromatic rings. The molecule has 1 aromatic heterocycles. The predicted octanol–water partition coefficient (Wildman–Crippen LogP) is 2.35. The molecule has 4 nitrogen and oxygen atoms in total. The quantitative estimate of drug-likeness (QED) is 0.793. The number of para-hydroxylation sites is 1. The van der Waals surface area contributed by atoms with E-state index in [9.17, 15) is 0 Å². The van der Waals surface area contributed by atoms with Gasteiger partial charge >= 0.3 is 0 Å². The standard InChI is InChI=1S/C16H24N4/c1-16(2,3)18-11-10-17-13-14-7-4-5-8-15(14)20-12-6-9-19-20/h4-9,12,17-18H,10-11,13H2,1-3H3. The third kappa shape index (κ3) is 4.47. The Hall–Kier alpha value is -1.65. The third-order valence-electron chi connectivity index (χ3n) is 3.02. The Kier molecular flexibility index (Phi) is 4.93. The van der Waals surface area contributed by atoms with Gasteiger partial charge in [-0.1, -0.05) is 18.2 Å². The minimum atomic E-state index is 0.175. The van der Waals surface area contributed by atoms with Crippen LogP contribution in [0.3, 0.4) is 0 Å². The third-order valence-corrected chi connectivity index (χ3v) is 3.02. The van der Waals surface area contributed by atoms with Crippen LogP contribution in [-0.2, 0) is 6.54 Å². The van der Waals surface area contributed by atoms with Crippen LogP contribution < -0.4 is 10.6 Å². The monoisotopic (exact) mass is 272 g/mol. The summed E-state index contributed by atoms with van der Waals surface area (Å²) in [7, 11) is 0. The van der Waals surface area contributed by atoms with Crippen molar-refractivity contribution < 1.29 is 0 Å². The number of nitrogens with zero attached hydrogens (tertiary/aromatic N) is 2. The molecule has 4 heteroatoms. The van der Waals surface area contributed by atoms with E-state index >= 15 is 0 Å². The van der Waals surface area contributed by atoms with Crippen LogP contribution in [0.1, 0.15) is 26.3 Å². The molecular formula is C16H24N4. The number of hydrogen-bond donors (Lipinski definition) is 2. The fourth-order valence-corrected chi connectivity index (χ4v) is 2.04. The molecule has 2 N–H and O–H groups in total. The maximum atomic E-state index is 4.30.